The molecular formula is C21H16BrCl2N3O3S. The van der Waals surface area contributed by atoms with Crippen LogP contribution in [0, 0.1) is 0 Å². The van der Waals surface area contributed by atoms with Gasteiger partial charge in [0.05, 0.1) is 16.8 Å². The molecule has 0 atom stereocenters. The van der Waals surface area contributed by atoms with E-state index in [0.29, 0.717) is 0 Å². The fourth-order valence-corrected chi connectivity index (χ4v) is 5.01. The van der Waals surface area contributed by atoms with Crippen LogP contribution in [0.15, 0.2) is 87.3 Å². The van der Waals surface area contributed by atoms with Crippen LogP contribution in [0.2, 0.25) is 10.0 Å². The standard InChI is InChI=1S/C21H16BrCl2N3O3S/c22-16-6-4-5-15(9-16)13-25-26-21(28)14-27(19-11-17(23)10-18(24)12-19)31(29,30)20-7-2-1-3-8-20/h1-13H,14H2,(H,26,28)/b25-13-. The van der Waals surface area contributed by atoms with Gasteiger partial charge in [-0.3, -0.25) is 9.10 Å². The molecule has 0 saturated heterocycles. The number of rotatable bonds is 7. The van der Waals surface area contributed by atoms with Crippen molar-refractivity contribution in [1.29, 1.82) is 0 Å². The summed E-state index contributed by atoms with van der Waals surface area (Å²) in [4.78, 5) is 12.6. The Balaban J connectivity index is 1.87. The van der Waals surface area contributed by atoms with Gasteiger partial charge in [0.2, 0.25) is 0 Å². The van der Waals surface area contributed by atoms with Crippen molar-refractivity contribution in [2.75, 3.05) is 10.8 Å². The van der Waals surface area contributed by atoms with Crippen LogP contribution in [0.1, 0.15) is 5.56 Å². The second-order valence-electron chi connectivity index (χ2n) is 6.30. The number of carbonyl (C=O) groups is 1. The molecule has 31 heavy (non-hydrogen) atoms. The maximum Gasteiger partial charge on any atom is 0.264 e. The van der Waals surface area contributed by atoms with Gasteiger partial charge >= 0.3 is 0 Å². The zero-order valence-corrected chi connectivity index (χ0v) is 19.8. The first kappa shape index (κ1) is 23.3. The average Bonchev–Trinajstić information content (AvgIpc) is 2.72. The number of nitrogens with zero attached hydrogens (tertiary/aromatic N) is 2. The van der Waals surface area contributed by atoms with Crippen molar-refractivity contribution < 1.29 is 13.2 Å². The predicted octanol–water partition coefficient (Wildman–Crippen LogP) is 5.10. The minimum atomic E-state index is -4.07. The SMILES string of the molecule is O=C(CN(c1cc(Cl)cc(Cl)c1)S(=O)(=O)c1ccccc1)N/N=C\c1cccc(Br)c1. The zero-order valence-electron chi connectivity index (χ0n) is 15.9. The van der Waals surface area contributed by atoms with Crippen molar-refractivity contribution in [3.8, 4) is 0 Å². The highest BCUT2D eigenvalue weighted by atomic mass is 79.9. The summed E-state index contributed by atoms with van der Waals surface area (Å²) in [5.74, 6) is -0.637. The Kier molecular flexibility index (Phi) is 7.72. The van der Waals surface area contributed by atoms with E-state index < -0.39 is 22.5 Å². The number of amides is 1. The van der Waals surface area contributed by atoms with Crippen LogP contribution in [0.25, 0.3) is 0 Å². The van der Waals surface area contributed by atoms with Crippen molar-refractivity contribution in [2.24, 2.45) is 5.10 Å². The summed E-state index contributed by atoms with van der Waals surface area (Å²) in [5, 5.41) is 4.38. The molecule has 0 aliphatic heterocycles. The Morgan fingerprint density at radius 1 is 1.00 bits per heavy atom. The number of sulfonamides is 1. The fourth-order valence-electron chi connectivity index (χ4n) is 2.65. The Bertz CT molecular complexity index is 1200. The lowest BCUT2D eigenvalue weighted by atomic mass is 10.2. The Hall–Kier alpha value is -2.39. The van der Waals surface area contributed by atoms with Crippen LogP contribution in [0.3, 0.4) is 0 Å². The molecule has 1 amide bonds. The summed E-state index contributed by atoms with van der Waals surface area (Å²) >= 11 is 15.5. The Labute approximate surface area is 198 Å². The molecule has 0 fully saturated rings. The van der Waals surface area contributed by atoms with Crippen molar-refractivity contribution in [3.63, 3.8) is 0 Å². The normalized spacial score (nSPS) is 11.5. The predicted molar refractivity (Wildman–Crippen MR) is 127 cm³/mol. The van der Waals surface area contributed by atoms with E-state index in [1.54, 1.807) is 24.3 Å². The quantitative estimate of drug-likeness (QED) is 0.334. The molecule has 0 saturated carbocycles. The minimum Gasteiger partial charge on any atom is -0.271 e. The third-order valence-corrected chi connectivity index (χ3v) is 6.72. The molecule has 0 aliphatic carbocycles. The lowest BCUT2D eigenvalue weighted by molar-refractivity contribution is -0.119. The van der Waals surface area contributed by atoms with Crippen LogP contribution in [-0.4, -0.2) is 27.1 Å². The van der Waals surface area contributed by atoms with Crippen molar-refractivity contribution in [2.45, 2.75) is 4.90 Å². The molecule has 0 heterocycles. The third kappa shape index (κ3) is 6.30. The fraction of sp³-hybridized carbons (Fsp3) is 0.0476. The summed E-state index contributed by atoms with van der Waals surface area (Å²) in [7, 11) is -4.07. The summed E-state index contributed by atoms with van der Waals surface area (Å²) in [6, 6.07) is 19.4. The molecular weight excluding hydrogens is 525 g/mol. The molecule has 10 heteroatoms. The van der Waals surface area contributed by atoms with Gasteiger partial charge in [-0.05, 0) is 48.0 Å². The minimum absolute atomic E-state index is 0.0246. The number of halogens is 3. The molecule has 0 aromatic heterocycles. The number of nitrogens with one attached hydrogen (secondary N) is 1. The maximum atomic E-state index is 13.2. The van der Waals surface area contributed by atoms with Gasteiger partial charge in [0.15, 0.2) is 0 Å². The summed E-state index contributed by atoms with van der Waals surface area (Å²) in [5.41, 5.74) is 3.26. The molecule has 0 aliphatic rings. The second kappa shape index (κ2) is 10.3. The lowest BCUT2D eigenvalue weighted by Gasteiger charge is -2.24. The van der Waals surface area contributed by atoms with E-state index in [1.165, 1.54) is 36.5 Å². The highest BCUT2D eigenvalue weighted by molar-refractivity contribution is 9.10. The first-order valence-corrected chi connectivity index (χ1v) is 11.9. The molecule has 160 valence electrons. The van der Waals surface area contributed by atoms with Crippen molar-refractivity contribution in [3.05, 3.63) is 92.9 Å². The van der Waals surface area contributed by atoms with Gasteiger partial charge in [-0.1, -0.05) is 69.5 Å². The van der Waals surface area contributed by atoms with Gasteiger partial charge in [-0.25, -0.2) is 13.8 Å². The van der Waals surface area contributed by atoms with E-state index in [1.807, 2.05) is 18.2 Å². The van der Waals surface area contributed by atoms with Crippen LogP contribution in [-0.2, 0) is 14.8 Å². The molecule has 3 aromatic carbocycles. The highest BCUT2D eigenvalue weighted by Crippen LogP contribution is 2.29. The van der Waals surface area contributed by atoms with E-state index >= 15 is 0 Å². The average molecular weight is 541 g/mol. The first-order valence-electron chi connectivity index (χ1n) is 8.87. The highest BCUT2D eigenvalue weighted by Gasteiger charge is 2.27. The van der Waals surface area contributed by atoms with Crippen molar-refractivity contribution in [1.82, 2.24) is 5.43 Å². The number of hydrogen-bond donors (Lipinski definition) is 1. The molecule has 0 radical (unpaired) electrons. The van der Waals surface area contributed by atoms with Gasteiger partial charge < -0.3 is 0 Å². The van der Waals surface area contributed by atoms with Gasteiger partial charge in [-0.15, -0.1) is 0 Å². The molecule has 6 nitrogen and oxygen atoms in total. The topological polar surface area (TPSA) is 78.8 Å². The lowest BCUT2D eigenvalue weighted by Crippen LogP contribution is -2.39. The number of carbonyl (C=O) groups excluding carboxylic acids is 1. The van der Waals surface area contributed by atoms with Crippen molar-refractivity contribution >= 4 is 67.0 Å². The Morgan fingerprint density at radius 3 is 2.32 bits per heavy atom. The smallest absolute Gasteiger partial charge is 0.264 e. The second-order valence-corrected chi connectivity index (χ2v) is 9.95. The summed E-state index contributed by atoms with van der Waals surface area (Å²) in [6.45, 7) is -0.524. The molecule has 1 N–H and O–H groups in total. The monoisotopic (exact) mass is 539 g/mol. The Morgan fingerprint density at radius 2 is 1.68 bits per heavy atom. The number of hydrogen-bond acceptors (Lipinski definition) is 4. The van der Waals surface area contributed by atoms with E-state index in [-0.39, 0.29) is 20.6 Å². The molecule has 0 bridgehead atoms. The largest absolute Gasteiger partial charge is 0.271 e. The van der Waals surface area contributed by atoms with Crippen LogP contribution in [0.5, 0.6) is 0 Å². The van der Waals surface area contributed by atoms with Gasteiger partial charge in [0.25, 0.3) is 15.9 Å². The van der Waals surface area contributed by atoms with Crippen LogP contribution >= 0.6 is 39.1 Å². The van der Waals surface area contributed by atoms with Gasteiger partial charge in [0, 0.05) is 14.5 Å². The molecule has 0 unspecified atom stereocenters. The van der Waals surface area contributed by atoms with Gasteiger partial charge in [0.1, 0.15) is 6.54 Å². The van der Waals surface area contributed by atoms with E-state index in [4.69, 9.17) is 23.2 Å². The molecule has 3 aromatic rings. The molecule has 0 spiro atoms. The van der Waals surface area contributed by atoms with Crippen LogP contribution in [0.4, 0.5) is 5.69 Å². The number of benzene rings is 3. The maximum absolute atomic E-state index is 13.2. The van der Waals surface area contributed by atoms with E-state index in [9.17, 15) is 13.2 Å². The van der Waals surface area contributed by atoms with E-state index in [2.05, 4.69) is 26.5 Å². The number of anilines is 1. The first-order chi connectivity index (χ1) is 14.8. The molecule has 3 rings (SSSR count). The summed E-state index contributed by atoms with van der Waals surface area (Å²) < 4.78 is 28.3. The zero-order chi connectivity index (χ0) is 22.4. The van der Waals surface area contributed by atoms with Crippen LogP contribution < -0.4 is 9.73 Å². The summed E-state index contributed by atoms with van der Waals surface area (Å²) in [6.07, 6.45) is 1.45. The van der Waals surface area contributed by atoms with Gasteiger partial charge in [-0.2, -0.15) is 5.10 Å². The van der Waals surface area contributed by atoms with E-state index in [0.717, 1.165) is 14.3 Å². The number of hydrazone groups is 1. The third-order valence-electron chi connectivity index (χ3n) is 4.01.